The molecule has 38 heavy (non-hydrogen) atoms. The molecule has 0 atom stereocenters. The summed E-state index contributed by atoms with van der Waals surface area (Å²) in [7, 11) is 1.57. The van der Waals surface area contributed by atoms with Gasteiger partial charge in [0.05, 0.1) is 46.6 Å². The molecule has 2 aromatic carbocycles. The molecular formula is C29H25F2N5O2. The van der Waals surface area contributed by atoms with Crippen LogP contribution in [0.1, 0.15) is 12.8 Å². The van der Waals surface area contributed by atoms with Gasteiger partial charge in [-0.2, -0.15) is 0 Å². The number of pyridine rings is 1. The second-order valence-electron chi connectivity index (χ2n) is 9.05. The minimum absolute atomic E-state index is 0.0858. The third-order valence-electron chi connectivity index (χ3n) is 6.61. The Balaban J connectivity index is 1.63. The first kappa shape index (κ1) is 24.0. The summed E-state index contributed by atoms with van der Waals surface area (Å²) in [4.78, 5) is 14.3. The molecule has 0 radical (unpaired) electrons. The minimum atomic E-state index is -0.918. The van der Waals surface area contributed by atoms with Gasteiger partial charge in [0.25, 0.3) is 0 Å². The van der Waals surface area contributed by atoms with Crippen molar-refractivity contribution in [1.29, 1.82) is 0 Å². The fourth-order valence-electron chi connectivity index (χ4n) is 4.76. The van der Waals surface area contributed by atoms with Crippen LogP contribution in [0, 0.1) is 11.6 Å². The summed E-state index contributed by atoms with van der Waals surface area (Å²) in [5.74, 6) is -1.37. The van der Waals surface area contributed by atoms with Gasteiger partial charge >= 0.3 is 0 Å². The third kappa shape index (κ3) is 4.56. The smallest absolute Gasteiger partial charge is 0.237 e. The molecule has 0 bridgehead atoms. The average Bonchev–Trinajstić information content (AvgIpc) is 2.94. The van der Waals surface area contributed by atoms with Crippen LogP contribution in [0.2, 0.25) is 0 Å². The van der Waals surface area contributed by atoms with E-state index in [0.717, 1.165) is 30.1 Å². The molecule has 0 amide bonds. The van der Waals surface area contributed by atoms with Crippen LogP contribution < -0.4 is 15.4 Å². The fourth-order valence-corrected chi connectivity index (χ4v) is 4.76. The maximum absolute atomic E-state index is 14.4. The van der Waals surface area contributed by atoms with E-state index in [1.54, 1.807) is 19.4 Å². The van der Waals surface area contributed by atoms with Gasteiger partial charge in [0.2, 0.25) is 5.88 Å². The second kappa shape index (κ2) is 10.2. The topological polar surface area (TPSA) is 73.6 Å². The molecule has 3 aromatic rings. The number of ether oxygens (including phenoxy) is 2. The molecule has 1 saturated heterocycles. The number of para-hydroxylation sites is 2. The van der Waals surface area contributed by atoms with Crippen LogP contribution in [-0.4, -0.2) is 40.9 Å². The number of hydrogen-bond acceptors (Lipinski definition) is 6. The van der Waals surface area contributed by atoms with Gasteiger partial charge in [-0.3, -0.25) is 4.99 Å². The van der Waals surface area contributed by atoms with Crippen LogP contribution in [-0.2, 0) is 4.74 Å². The highest BCUT2D eigenvalue weighted by atomic mass is 19.2. The van der Waals surface area contributed by atoms with E-state index in [1.807, 2.05) is 53.1 Å². The molecule has 1 N–H and O–H groups in total. The normalized spacial score (nSPS) is 14.8. The van der Waals surface area contributed by atoms with Crippen molar-refractivity contribution in [2.75, 3.05) is 25.6 Å². The van der Waals surface area contributed by atoms with Crippen LogP contribution in [0.4, 0.5) is 20.2 Å². The molecule has 7 nitrogen and oxygen atoms in total. The number of nitrogens with one attached hydrogen (secondary N) is 1. The largest absolute Gasteiger partial charge is 0.480 e. The van der Waals surface area contributed by atoms with Crippen LogP contribution in [0.5, 0.6) is 5.88 Å². The molecule has 3 aliphatic rings. The molecule has 1 fully saturated rings. The van der Waals surface area contributed by atoms with Crippen molar-refractivity contribution >= 4 is 22.4 Å². The highest BCUT2D eigenvalue weighted by Gasteiger charge is 2.19. The Morgan fingerprint density at radius 3 is 2.63 bits per heavy atom. The monoisotopic (exact) mass is 513 g/mol. The predicted octanol–water partition coefficient (Wildman–Crippen LogP) is 5.64. The first-order valence-corrected chi connectivity index (χ1v) is 12.4. The van der Waals surface area contributed by atoms with E-state index in [0.29, 0.717) is 52.7 Å². The van der Waals surface area contributed by atoms with Crippen molar-refractivity contribution in [3.05, 3.63) is 89.9 Å². The zero-order valence-electron chi connectivity index (χ0n) is 20.7. The standard InChI is InChI=1S/C29H25F2N5O2/c1-37-29-23(6-4-12-32-29)35-24-16-26-28(17-25(24)33-18-10-13-38-14-11-18)36(19-8-9-20(30)21(31)15-19)27-7-3-2-5-22(27)34-26/h2-9,12,15-18,35H,10-11,13-14H2,1H3. The molecular weight excluding hydrogens is 488 g/mol. The van der Waals surface area contributed by atoms with E-state index in [9.17, 15) is 8.78 Å². The molecule has 9 heteroatoms. The van der Waals surface area contributed by atoms with Crippen molar-refractivity contribution in [2.24, 2.45) is 4.99 Å². The Hall–Kier alpha value is -4.37. The number of halogens is 2. The first-order valence-electron chi connectivity index (χ1n) is 12.4. The number of benzene rings is 3. The number of nitrogens with zero attached hydrogens (tertiary/aromatic N) is 4. The summed E-state index contributed by atoms with van der Waals surface area (Å²) < 4.78 is 41.1. The van der Waals surface area contributed by atoms with Crippen LogP contribution in [0.15, 0.2) is 77.9 Å². The number of fused-ring (bicyclic) bond motifs is 2. The molecule has 0 unspecified atom stereocenters. The zero-order valence-corrected chi connectivity index (χ0v) is 20.7. The fraction of sp³-hybridized carbons (Fsp3) is 0.207. The van der Waals surface area contributed by atoms with Gasteiger partial charge < -0.3 is 19.4 Å². The lowest BCUT2D eigenvalue weighted by Crippen LogP contribution is -2.23. The molecule has 0 saturated carbocycles. The summed E-state index contributed by atoms with van der Waals surface area (Å²) >= 11 is 0. The number of aromatic nitrogens is 3. The van der Waals surface area contributed by atoms with Crippen LogP contribution >= 0.6 is 0 Å². The van der Waals surface area contributed by atoms with Crippen molar-refractivity contribution in [2.45, 2.75) is 18.9 Å². The third-order valence-corrected chi connectivity index (χ3v) is 6.61. The quantitative estimate of drug-likeness (QED) is 0.308. The van der Waals surface area contributed by atoms with E-state index in [2.05, 4.69) is 10.3 Å². The highest BCUT2D eigenvalue weighted by molar-refractivity contribution is 5.84. The first-order chi connectivity index (χ1) is 18.6. The summed E-state index contributed by atoms with van der Waals surface area (Å²) in [6.45, 7) is 1.31. The van der Waals surface area contributed by atoms with Crippen LogP contribution in [0.25, 0.3) is 28.1 Å². The summed E-state index contributed by atoms with van der Waals surface area (Å²) in [5, 5.41) is 4.14. The maximum Gasteiger partial charge on any atom is 0.237 e. The van der Waals surface area contributed by atoms with Gasteiger partial charge in [-0.05, 0) is 61.4 Å². The summed E-state index contributed by atoms with van der Waals surface area (Å²) in [5.41, 5.74) is 4.75. The summed E-state index contributed by atoms with van der Waals surface area (Å²) in [6.07, 6.45) is 3.29. The highest BCUT2D eigenvalue weighted by Crippen LogP contribution is 2.32. The lowest BCUT2D eigenvalue weighted by atomic mass is 10.1. The van der Waals surface area contributed by atoms with E-state index >= 15 is 0 Å². The van der Waals surface area contributed by atoms with Crippen molar-refractivity contribution < 1.29 is 18.3 Å². The SMILES string of the molecule is COc1ncccc1Nc1cc2nc3ccccc3n(-c3ccc(F)c(F)c3)c-2cc1=NC1CCOCC1. The molecule has 192 valence electrons. The van der Waals surface area contributed by atoms with Crippen molar-refractivity contribution in [3.8, 4) is 23.0 Å². The molecule has 1 aromatic heterocycles. The Morgan fingerprint density at radius 1 is 0.974 bits per heavy atom. The van der Waals surface area contributed by atoms with E-state index < -0.39 is 11.6 Å². The van der Waals surface area contributed by atoms with Gasteiger partial charge in [0.1, 0.15) is 5.69 Å². The number of anilines is 2. The van der Waals surface area contributed by atoms with Gasteiger partial charge in [-0.15, -0.1) is 0 Å². The molecule has 6 rings (SSSR count). The van der Waals surface area contributed by atoms with E-state index in [4.69, 9.17) is 19.5 Å². The Labute approximate surface area is 217 Å². The molecule has 0 spiro atoms. The molecule has 1 aliphatic carbocycles. The number of hydrogen-bond donors (Lipinski definition) is 1. The van der Waals surface area contributed by atoms with E-state index in [-0.39, 0.29) is 6.04 Å². The predicted molar refractivity (Wildman–Crippen MR) is 141 cm³/mol. The zero-order chi connectivity index (χ0) is 26.1. The van der Waals surface area contributed by atoms with E-state index in [1.165, 1.54) is 6.07 Å². The lowest BCUT2D eigenvalue weighted by Gasteiger charge is -2.22. The van der Waals surface area contributed by atoms with Crippen molar-refractivity contribution in [1.82, 2.24) is 14.5 Å². The average molecular weight is 514 g/mol. The van der Waals surface area contributed by atoms with Crippen LogP contribution in [0.3, 0.4) is 0 Å². The Kier molecular flexibility index (Phi) is 6.43. The summed E-state index contributed by atoms with van der Waals surface area (Å²) in [6, 6.07) is 19.1. The van der Waals surface area contributed by atoms with Gasteiger partial charge in [0.15, 0.2) is 11.6 Å². The lowest BCUT2D eigenvalue weighted by molar-refractivity contribution is 0.0864. The molecule has 2 aliphatic heterocycles. The maximum atomic E-state index is 14.4. The van der Waals surface area contributed by atoms with Gasteiger partial charge in [-0.1, -0.05) is 12.1 Å². The van der Waals surface area contributed by atoms with Crippen molar-refractivity contribution in [3.63, 3.8) is 0 Å². The van der Waals surface area contributed by atoms with Gasteiger partial charge in [0, 0.05) is 31.2 Å². The van der Waals surface area contributed by atoms with Gasteiger partial charge in [-0.25, -0.2) is 18.7 Å². The second-order valence-corrected chi connectivity index (χ2v) is 9.05. The Bertz CT molecular complexity index is 1660. The minimum Gasteiger partial charge on any atom is -0.480 e. The molecule has 3 heterocycles. The number of rotatable bonds is 5. The Morgan fingerprint density at radius 2 is 1.82 bits per heavy atom. The number of methoxy groups -OCH3 is 1.